The van der Waals surface area contributed by atoms with E-state index in [1.165, 1.54) is 191 Å². The van der Waals surface area contributed by atoms with Crippen molar-refractivity contribution in [2.45, 2.75) is 87.9 Å². The summed E-state index contributed by atoms with van der Waals surface area (Å²) >= 11 is 1.97. The fourth-order valence-corrected chi connectivity index (χ4v) is 20.6. The van der Waals surface area contributed by atoms with Crippen LogP contribution in [0.3, 0.4) is 0 Å². The summed E-state index contributed by atoms with van der Waals surface area (Å²) in [6.07, 6.45) is 17.1. The van der Waals surface area contributed by atoms with E-state index in [2.05, 4.69) is 173 Å². The summed E-state index contributed by atoms with van der Waals surface area (Å²) in [5.41, 5.74) is 18.9. The third-order valence-corrected chi connectivity index (χ3v) is 22.7. The molecule has 0 amide bonds. The van der Waals surface area contributed by atoms with Crippen LogP contribution in [-0.2, 0) is 10.8 Å². The van der Waals surface area contributed by atoms with E-state index in [4.69, 9.17) is 0 Å². The monoisotopic (exact) mass is 968 g/mol. The largest absolute Gasteiger partial charge is 0.376 e. The molecule has 8 fully saturated rings. The van der Waals surface area contributed by atoms with Gasteiger partial charge < -0.3 is 9.38 Å². The average Bonchev–Trinajstić information content (AvgIpc) is 3.95. The van der Waals surface area contributed by atoms with Gasteiger partial charge in [-0.25, -0.2) is 0 Å². The summed E-state index contributed by atoms with van der Waals surface area (Å²) < 4.78 is 5.51. The molecule has 8 saturated carbocycles. The number of rotatable bonds is 4. The Bertz CT molecular complexity index is 4220. The fourth-order valence-electron chi connectivity index (χ4n) is 19.5. The van der Waals surface area contributed by atoms with Crippen molar-refractivity contribution in [2.24, 2.45) is 35.5 Å². The van der Waals surface area contributed by atoms with Crippen LogP contribution in [0.4, 0.5) is 11.4 Å². The molecule has 10 aliphatic rings. The van der Waals surface area contributed by atoms with Crippen LogP contribution in [0.2, 0.25) is 0 Å². The van der Waals surface area contributed by atoms with Gasteiger partial charge >= 0.3 is 6.85 Å². The molecule has 0 N–H and O–H groups in total. The first-order chi connectivity index (χ1) is 36.5. The van der Waals surface area contributed by atoms with Gasteiger partial charge in [0.1, 0.15) is 0 Å². The van der Waals surface area contributed by atoms with E-state index in [1.54, 1.807) is 11.1 Å². The van der Waals surface area contributed by atoms with E-state index in [0.717, 1.165) is 35.5 Å². The predicted molar refractivity (Wildman–Crippen MR) is 313 cm³/mol. The summed E-state index contributed by atoms with van der Waals surface area (Å²) in [4.78, 5) is 2.82. The minimum Gasteiger partial charge on any atom is -0.376 e. The first kappa shape index (κ1) is 40.7. The molecule has 9 aromatic carbocycles. The van der Waals surface area contributed by atoms with Gasteiger partial charge in [0.25, 0.3) is 0 Å². The van der Waals surface area contributed by atoms with Gasteiger partial charge in [-0.1, -0.05) is 103 Å². The lowest BCUT2D eigenvalue weighted by Crippen LogP contribution is -2.61. The molecule has 0 unspecified atom stereocenters. The van der Waals surface area contributed by atoms with E-state index in [0.29, 0.717) is 5.41 Å². The van der Waals surface area contributed by atoms with Crippen molar-refractivity contribution in [3.8, 4) is 27.9 Å². The smallest absolute Gasteiger partial charge is 0.333 e. The second kappa shape index (κ2) is 14.2. The van der Waals surface area contributed by atoms with E-state index < -0.39 is 0 Å². The summed E-state index contributed by atoms with van der Waals surface area (Å²) in [5.74, 6) is 5.36. The quantitative estimate of drug-likeness (QED) is 0.160. The zero-order chi connectivity index (χ0) is 47.8. The molecule has 8 bridgehead atoms. The van der Waals surface area contributed by atoms with Gasteiger partial charge in [0, 0.05) is 53.6 Å². The van der Waals surface area contributed by atoms with Gasteiger partial charge in [0.2, 0.25) is 0 Å². The van der Waals surface area contributed by atoms with Gasteiger partial charge in [-0.05, 0) is 244 Å². The van der Waals surface area contributed by atoms with Crippen LogP contribution >= 0.6 is 11.3 Å². The zero-order valence-corrected chi connectivity index (χ0v) is 42.7. The molecular formula is C70H57BN2S. The van der Waals surface area contributed by atoms with Crippen molar-refractivity contribution in [3.63, 3.8) is 0 Å². The van der Waals surface area contributed by atoms with E-state index in [9.17, 15) is 0 Å². The second-order valence-electron chi connectivity index (χ2n) is 25.7. The van der Waals surface area contributed by atoms with Crippen LogP contribution in [0.5, 0.6) is 0 Å². The Labute approximate surface area is 437 Å². The first-order valence-electron chi connectivity index (χ1n) is 28.5. The van der Waals surface area contributed by atoms with Crippen molar-refractivity contribution in [3.05, 3.63) is 175 Å². The zero-order valence-electron chi connectivity index (χ0n) is 41.9. The number of anilines is 2. The average molecular weight is 969 g/mol. The molecule has 0 atom stereocenters. The summed E-state index contributed by atoms with van der Waals surface area (Å²) in [7, 11) is 0. The molecule has 4 heteroatoms. The number of benzene rings is 9. The maximum absolute atomic E-state index is 2.83. The lowest BCUT2D eigenvalue weighted by Gasteiger charge is -2.57. The molecule has 11 aromatic rings. The Balaban J connectivity index is 0.936. The lowest BCUT2D eigenvalue weighted by molar-refractivity contribution is -0.00526. The third kappa shape index (κ3) is 5.38. The topological polar surface area (TPSA) is 8.17 Å². The normalized spacial score (nSPS) is 27.7. The van der Waals surface area contributed by atoms with Crippen molar-refractivity contribution in [1.82, 2.24) is 4.57 Å². The highest BCUT2D eigenvalue weighted by Gasteiger charge is 2.54. The Morgan fingerprint density at radius 1 is 0.432 bits per heavy atom. The summed E-state index contributed by atoms with van der Waals surface area (Å²) in [5, 5.41) is 11.0. The second-order valence-corrected chi connectivity index (χ2v) is 26.8. The van der Waals surface area contributed by atoms with E-state index >= 15 is 0 Å². The van der Waals surface area contributed by atoms with Crippen molar-refractivity contribution in [1.29, 1.82) is 0 Å². The molecule has 0 spiro atoms. The number of aromatic nitrogens is 1. The molecule has 74 heavy (non-hydrogen) atoms. The molecule has 356 valence electrons. The molecule has 0 saturated heterocycles. The van der Waals surface area contributed by atoms with Crippen LogP contribution in [0.25, 0.3) is 91.5 Å². The minimum absolute atomic E-state index is 0.0232. The highest BCUT2D eigenvalue weighted by Crippen LogP contribution is 2.63. The van der Waals surface area contributed by atoms with E-state index in [-0.39, 0.29) is 12.3 Å². The highest BCUT2D eigenvalue weighted by atomic mass is 32.1. The van der Waals surface area contributed by atoms with Crippen LogP contribution in [-0.4, -0.2) is 11.4 Å². The van der Waals surface area contributed by atoms with Crippen LogP contribution in [0.15, 0.2) is 164 Å². The maximum Gasteiger partial charge on any atom is 0.333 e. The number of thiophene rings is 1. The standard InChI is InChI=1S/C70H57BN2S/c1-2-8-46(9-3-1)47-14-17-53(18-15-47)73-62-33-65-57(56-26-48-10-4-5-11-49(48)28-64(56)74-65)32-59(62)66-54-13-7-6-12-50(54)27-63-67(66)71(73)60-31-52(70-37-43-23-44(38-70)25-45(24-43)39-70)30-58-55-29-51(16-19-61(55)72(63)68(58)60)69-34-40-20-41(35-69)22-42(21-40)36-69/h1-19,26-33,40-45H,20-25,34-39H2. The van der Waals surface area contributed by atoms with Crippen molar-refractivity contribution < 1.29 is 0 Å². The number of hydrogen-bond donors (Lipinski definition) is 0. The minimum atomic E-state index is -0.0232. The van der Waals surface area contributed by atoms with E-state index in [1.807, 2.05) is 11.3 Å². The Hall–Kier alpha value is -6.62. The maximum atomic E-state index is 2.83. The Kier molecular flexibility index (Phi) is 7.81. The number of fused-ring (bicyclic) bond motifs is 13. The number of hydrogen-bond acceptors (Lipinski definition) is 2. The molecule has 2 nitrogen and oxygen atoms in total. The molecule has 0 radical (unpaired) electrons. The summed E-state index contributed by atoms with van der Waals surface area (Å²) in [6.45, 7) is -0.0232. The van der Waals surface area contributed by atoms with Gasteiger partial charge in [0.05, 0.1) is 11.0 Å². The van der Waals surface area contributed by atoms with Gasteiger partial charge in [0.15, 0.2) is 0 Å². The van der Waals surface area contributed by atoms with Crippen molar-refractivity contribution in [2.75, 3.05) is 4.81 Å². The predicted octanol–water partition coefficient (Wildman–Crippen LogP) is 17.3. The third-order valence-electron chi connectivity index (χ3n) is 21.6. The number of nitrogens with zero attached hydrogens (tertiary/aromatic N) is 2. The fraction of sp³-hybridized carbons (Fsp3) is 0.286. The molecule has 21 rings (SSSR count). The summed E-state index contributed by atoms with van der Waals surface area (Å²) in [6, 6.07) is 65.3. The molecule has 2 aliphatic heterocycles. The molecule has 4 heterocycles. The molecular weight excluding hydrogens is 912 g/mol. The van der Waals surface area contributed by atoms with Crippen LogP contribution < -0.4 is 15.7 Å². The lowest BCUT2D eigenvalue weighted by atomic mass is 9.42. The highest BCUT2D eigenvalue weighted by molar-refractivity contribution is 7.26. The molecule has 2 aromatic heterocycles. The van der Waals surface area contributed by atoms with Crippen molar-refractivity contribution >= 4 is 104 Å². The first-order valence-corrected chi connectivity index (χ1v) is 29.3. The van der Waals surface area contributed by atoms with Gasteiger partial charge in [-0.15, -0.1) is 11.3 Å². The van der Waals surface area contributed by atoms with Gasteiger partial charge in [-0.3, -0.25) is 0 Å². The van der Waals surface area contributed by atoms with Gasteiger partial charge in [-0.2, -0.15) is 0 Å². The Morgan fingerprint density at radius 3 is 1.72 bits per heavy atom. The van der Waals surface area contributed by atoms with Crippen LogP contribution in [0, 0.1) is 35.5 Å². The Morgan fingerprint density at radius 2 is 1.01 bits per heavy atom. The SMILES string of the molecule is c1ccc(-c2ccc(N3B4c5c(cc6ccccc6c5-c5cc6c(cc53)sc3cc5ccccc5cc36)-n3c5ccc(C67CC8CC(CC(C8)C6)C7)cc5c5cc(C67CC8CC(CC(C8)C6)C7)cc4c53)cc2)cc1. The molecule has 8 aliphatic carbocycles. The van der Waals surface area contributed by atoms with Crippen LogP contribution in [0.1, 0.15) is 88.2 Å².